The zero-order valence-electron chi connectivity index (χ0n) is 16.3. The standard InChI is InChI=1S/C19H24F3N3O3/c1-18(2,3)11-15(26)25(9-10-27-4)12-13-5-7-14(8-6-13)16-23-17(28-24-16)19(20,21)22/h5-8H,9-12H2,1-4H3. The molecule has 0 aliphatic rings. The molecule has 1 aromatic heterocycles. The molecule has 2 aromatic rings. The van der Waals surface area contributed by atoms with Crippen molar-refractivity contribution in [3.63, 3.8) is 0 Å². The molecular weight excluding hydrogens is 375 g/mol. The Bertz CT molecular complexity index is 780. The zero-order chi connectivity index (χ0) is 20.9. The Balaban J connectivity index is 2.11. The van der Waals surface area contributed by atoms with E-state index in [1.807, 2.05) is 20.8 Å². The van der Waals surface area contributed by atoms with Gasteiger partial charge < -0.3 is 14.2 Å². The summed E-state index contributed by atoms with van der Waals surface area (Å²) in [5.41, 5.74) is 1.09. The van der Waals surface area contributed by atoms with Crippen LogP contribution in [0.3, 0.4) is 0 Å². The van der Waals surface area contributed by atoms with E-state index in [0.29, 0.717) is 31.7 Å². The van der Waals surface area contributed by atoms with Crippen LogP contribution in [0, 0.1) is 5.41 Å². The molecule has 28 heavy (non-hydrogen) atoms. The Labute approximate surface area is 161 Å². The lowest BCUT2D eigenvalue weighted by Crippen LogP contribution is -2.35. The minimum Gasteiger partial charge on any atom is -0.383 e. The smallest absolute Gasteiger partial charge is 0.383 e. The highest BCUT2D eigenvalue weighted by molar-refractivity contribution is 5.76. The number of hydrogen-bond acceptors (Lipinski definition) is 5. The van der Waals surface area contributed by atoms with Crippen molar-refractivity contribution >= 4 is 5.91 Å². The minimum absolute atomic E-state index is 0.0154. The number of rotatable bonds is 7. The molecule has 0 bridgehead atoms. The first-order valence-electron chi connectivity index (χ1n) is 8.76. The van der Waals surface area contributed by atoms with E-state index in [0.717, 1.165) is 5.56 Å². The highest BCUT2D eigenvalue weighted by atomic mass is 19.4. The maximum absolute atomic E-state index is 12.6. The maximum atomic E-state index is 12.6. The van der Waals surface area contributed by atoms with Crippen LogP contribution in [0.15, 0.2) is 28.8 Å². The van der Waals surface area contributed by atoms with Crippen LogP contribution in [0.4, 0.5) is 13.2 Å². The molecule has 2 rings (SSSR count). The van der Waals surface area contributed by atoms with Crippen molar-refractivity contribution in [1.29, 1.82) is 0 Å². The predicted octanol–water partition coefficient (Wildman–Crippen LogP) is 4.17. The first kappa shape index (κ1) is 21.9. The first-order chi connectivity index (χ1) is 13.0. The lowest BCUT2D eigenvalue weighted by atomic mass is 9.91. The van der Waals surface area contributed by atoms with Crippen LogP contribution in [-0.4, -0.2) is 41.2 Å². The van der Waals surface area contributed by atoms with Crippen LogP contribution in [-0.2, 0) is 22.3 Å². The average molecular weight is 399 g/mol. The summed E-state index contributed by atoms with van der Waals surface area (Å²) >= 11 is 0. The molecule has 154 valence electrons. The number of carbonyl (C=O) groups is 1. The van der Waals surface area contributed by atoms with E-state index >= 15 is 0 Å². The van der Waals surface area contributed by atoms with Gasteiger partial charge in [0.05, 0.1) is 6.61 Å². The fourth-order valence-corrected chi connectivity index (χ4v) is 2.49. The van der Waals surface area contributed by atoms with Crippen LogP contribution in [0.25, 0.3) is 11.4 Å². The number of aromatic nitrogens is 2. The van der Waals surface area contributed by atoms with Crippen LogP contribution in [0.2, 0.25) is 0 Å². The Kier molecular flexibility index (Phi) is 6.82. The third-order valence-electron chi connectivity index (χ3n) is 3.85. The number of carbonyl (C=O) groups excluding carboxylic acids is 1. The molecule has 0 saturated heterocycles. The molecule has 0 spiro atoms. The van der Waals surface area contributed by atoms with Gasteiger partial charge in [-0.2, -0.15) is 18.2 Å². The monoisotopic (exact) mass is 399 g/mol. The molecule has 0 fully saturated rings. The van der Waals surface area contributed by atoms with Crippen molar-refractivity contribution in [2.24, 2.45) is 5.41 Å². The molecule has 1 aromatic carbocycles. The number of nitrogens with zero attached hydrogens (tertiary/aromatic N) is 3. The molecule has 1 heterocycles. The molecule has 1 amide bonds. The van der Waals surface area contributed by atoms with Crippen molar-refractivity contribution in [2.45, 2.75) is 39.9 Å². The average Bonchev–Trinajstić information content (AvgIpc) is 3.08. The molecule has 0 saturated carbocycles. The number of methoxy groups -OCH3 is 1. The third kappa shape index (κ3) is 6.33. The Morgan fingerprint density at radius 2 is 1.82 bits per heavy atom. The van der Waals surface area contributed by atoms with Gasteiger partial charge in [-0.15, -0.1) is 0 Å². The second-order valence-electron chi connectivity index (χ2n) is 7.66. The summed E-state index contributed by atoms with van der Waals surface area (Å²) in [6, 6.07) is 6.65. The van der Waals surface area contributed by atoms with Gasteiger partial charge >= 0.3 is 12.1 Å². The molecule has 0 aliphatic heterocycles. The van der Waals surface area contributed by atoms with Gasteiger partial charge in [-0.1, -0.05) is 50.2 Å². The van der Waals surface area contributed by atoms with Gasteiger partial charge in [0.2, 0.25) is 11.7 Å². The van der Waals surface area contributed by atoms with Crippen LogP contribution >= 0.6 is 0 Å². The van der Waals surface area contributed by atoms with Crippen molar-refractivity contribution in [1.82, 2.24) is 15.0 Å². The molecule has 6 nitrogen and oxygen atoms in total. The lowest BCUT2D eigenvalue weighted by molar-refractivity contribution is -0.159. The number of alkyl halides is 3. The first-order valence-corrected chi connectivity index (χ1v) is 8.76. The molecular formula is C19H24F3N3O3. The fourth-order valence-electron chi connectivity index (χ4n) is 2.49. The third-order valence-corrected chi connectivity index (χ3v) is 3.85. The number of ether oxygens (including phenoxy) is 1. The SMILES string of the molecule is COCCN(Cc1ccc(-c2noc(C(F)(F)F)n2)cc1)C(=O)CC(C)(C)C. The maximum Gasteiger partial charge on any atom is 0.471 e. The van der Waals surface area contributed by atoms with Gasteiger partial charge in [-0.25, -0.2) is 0 Å². The topological polar surface area (TPSA) is 68.5 Å². The largest absolute Gasteiger partial charge is 0.471 e. The molecule has 0 aliphatic carbocycles. The Morgan fingerprint density at radius 3 is 2.32 bits per heavy atom. The van der Waals surface area contributed by atoms with E-state index in [-0.39, 0.29) is 17.1 Å². The summed E-state index contributed by atoms with van der Waals surface area (Å²) in [5.74, 6) is -1.51. The van der Waals surface area contributed by atoms with Gasteiger partial charge in [0.1, 0.15) is 0 Å². The van der Waals surface area contributed by atoms with Crippen LogP contribution in [0.5, 0.6) is 0 Å². The lowest BCUT2D eigenvalue weighted by Gasteiger charge is -2.26. The van der Waals surface area contributed by atoms with Crippen LogP contribution < -0.4 is 0 Å². The number of hydrogen-bond donors (Lipinski definition) is 0. The van der Waals surface area contributed by atoms with E-state index < -0.39 is 12.1 Å². The van der Waals surface area contributed by atoms with Crippen molar-refractivity contribution < 1.29 is 27.2 Å². The predicted molar refractivity (Wildman–Crippen MR) is 96.1 cm³/mol. The normalized spacial score (nSPS) is 12.2. The number of benzene rings is 1. The molecule has 0 unspecified atom stereocenters. The summed E-state index contributed by atoms with van der Waals surface area (Å²) in [7, 11) is 1.57. The molecule has 0 radical (unpaired) electrons. The molecule has 0 atom stereocenters. The Morgan fingerprint density at radius 1 is 1.18 bits per heavy atom. The van der Waals surface area contributed by atoms with E-state index in [9.17, 15) is 18.0 Å². The van der Waals surface area contributed by atoms with E-state index in [1.165, 1.54) is 0 Å². The summed E-state index contributed by atoms with van der Waals surface area (Å²) in [4.78, 5) is 17.7. The molecule has 0 N–H and O–H groups in total. The quantitative estimate of drug-likeness (QED) is 0.699. The number of halogens is 3. The van der Waals surface area contributed by atoms with E-state index in [2.05, 4.69) is 14.7 Å². The zero-order valence-corrected chi connectivity index (χ0v) is 16.3. The van der Waals surface area contributed by atoms with Gasteiger partial charge in [0, 0.05) is 32.2 Å². The summed E-state index contributed by atoms with van der Waals surface area (Å²) in [6.07, 6.45) is -4.28. The second kappa shape index (κ2) is 8.72. The van der Waals surface area contributed by atoms with Gasteiger partial charge in [-0.3, -0.25) is 4.79 Å². The van der Waals surface area contributed by atoms with Gasteiger partial charge in [-0.05, 0) is 11.0 Å². The molecule has 9 heteroatoms. The van der Waals surface area contributed by atoms with Crippen molar-refractivity contribution in [2.75, 3.05) is 20.3 Å². The van der Waals surface area contributed by atoms with Crippen molar-refractivity contribution in [3.8, 4) is 11.4 Å². The van der Waals surface area contributed by atoms with Gasteiger partial charge in [0.25, 0.3) is 0 Å². The van der Waals surface area contributed by atoms with Crippen LogP contribution in [0.1, 0.15) is 38.6 Å². The second-order valence-corrected chi connectivity index (χ2v) is 7.66. The van der Waals surface area contributed by atoms with E-state index in [1.54, 1.807) is 36.3 Å². The summed E-state index contributed by atoms with van der Waals surface area (Å²) < 4.78 is 47.1. The number of amides is 1. The summed E-state index contributed by atoms with van der Waals surface area (Å²) in [6.45, 7) is 7.22. The summed E-state index contributed by atoms with van der Waals surface area (Å²) in [5, 5.41) is 3.37. The highest BCUT2D eigenvalue weighted by Gasteiger charge is 2.38. The van der Waals surface area contributed by atoms with Crippen molar-refractivity contribution in [3.05, 3.63) is 35.7 Å². The van der Waals surface area contributed by atoms with E-state index in [4.69, 9.17) is 4.74 Å². The minimum atomic E-state index is -4.68. The van der Waals surface area contributed by atoms with Gasteiger partial charge in [0.15, 0.2) is 0 Å². The highest BCUT2D eigenvalue weighted by Crippen LogP contribution is 2.29. The fraction of sp³-hybridized carbons (Fsp3) is 0.526. The Hall–Kier alpha value is -2.42.